The minimum absolute atomic E-state index is 0.00728. The van der Waals surface area contributed by atoms with E-state index in [1.165, 1.54) is 24.1 Å². The molecule has 0 spiro atoms. The van der Waals surface area contributed by atoms with Crippen LogP contribution in [0.1, 0.15) is 22.3 Å². The third-order valence-corrected chi connectivity index (χ3v) is 9.61. The molecule has 7 nitrogen and oxygen atoms in total. The molecule has 0 aliphatic carbocycles. The Morgan fingerprint density at radius 2 is 1.47 bits per heavy atom. The number of carbonyl (C=O) groups excluding carboxylic acids is 2. The number of nitrogens with zero attached hydrogens (tertiary/aromatic N) is 2. The number of benzene rings is 4. The molecule has 0 aromatic heterocycles. The maximum atomic E-state index is 14.4. The largest absolute Gasteiger partial charge is 0.357 e. The third-order valence-electron chi connectivity index (χ3n) is 7.10. The van der Waals surface area contributed by atoms with Crippen molar-refractivity contribution in [3.63, 3.8) is 0 Å². The lowest BCUT2D eigenvalue weighted by Gasteiger charge is -2.34. The number of rotatable bonds is 11. The van der Waals surface area contributed by atoms with Crippen LogP contribution >= 0.6 is 23.2 Å². The maximum Gasteiger partial charge on any atom is 0.264 e. The van der Waals surface area contributed by atoms with Crippen LogP contribution in [0, 0.1) is 13.8 Å². The van der Waals surface area contributed by atoms with Crippen LogP contribution in [-0.2, 0) is 32.6 Å². The number of hydrogen-bond donors (Lipinski definition) is 1. The summed E-state index contributed by atoms with van der Waals surface area (Å²) in [5.41, 5.74) is 3.37. The van der Waals surface area contributed by atoms with Gasteiger partial charge in [-0.25, -0.2) is 8.42 Å². The highest BCUT2D eigenvalue weighted by Gasteiger charge is 2.34. The average molecular weight is 639 g/mol. The molecule has 4 aromatic carbocycles. The summed E-state index contributed by atoms with van der Waals surface area (Å²) in [6, 6.07) is 26.8. The predicted molar refractivity (Wildman–Crippen MR) is 172 cm³/mol. The van der Waals surface area contributed by atoms with E-state index in [0.29, 0.717) is 26.9 Å². The number of halogens is 2. The summed E-state index contributed by atoms with van der Waals surface area (Å²) in [6.07, 6.45) is 0.211. The molecule has 0 aliphatic rings. The van der Waals surface area contributed by atoms with Crippen LogP contribution in [0.25, 0.3) is 0 Å². The van der Waals surface area contributed by atoms with Crippen LogP contribution in [0.3, 0.4) is 0 Å². The maximum absolute atomic E-state index is 14.4. The van der Waals surface area contributed by atoms with Gasteiger partial charge in [-0.2, -0.15) is 0 Å². The Kier molecular flexibility index (Phi) is 10.5. The van der Waals surface area contributed by atoms with Crippen LogP contribution in [0.5, 0.6) is 0 Å². The van der Waals surface area contributed by atoms with E-state index >= 15 is 0 Å². The zero-order valence-corrected chi connectivity index (χ0v) is 26.5. The first-order chi connectivity index (χ1) is 20.5. The summed E-state index contributed by atoms with van der Waals surface area (Å²) in [6.45, 7) is 3.11. The van der Waals surface area contributed by atoms with Crippen LogP contribution in [0.15, 0.2) is 102 Å². The fraction of sp³-hybridized carbons (Fsp3) is 0.212. The van der Waals surface area contributed by atoms with Gasteiger partial charge in [-0.3, -0.25) is 13.9 Å². The molecule has 0 bridgehead atoms. The van der Waals surface area contributed by atoms with E-state index in [2.05, 4.69) is 5.32 Å². The molecule has 43 heavy (non-hydrogen) atoms. The van der Waals surface area contributed by atoms with Gasteiger partial charge in [0.2, 0.25) is 11.8 Å². The lowest BCUT2D eigenvalue weighted by Crippen LogP contribution is -2.53. The van der Waals surface area contributed by atoms with Crippen molar-refractivity contribution in [1.82, 2.24) is 10.2 Å². The molecule has 0 heterocycles. The lowest BCUT2D eigenvalue weighted by molar-refractivity contribution is -0.139. The van der Waals surface area contributed by atoms with Crippen molar-refractivity contribution in [3.05, 3.63) is 129 Å². The molecule has 1 unspecified atom stereocenters. The minimum atomic E-state index is -4.17. The Bertz CT molecular complexity index is 1700. The second kappa shape index (κ2) is 14.1. The lowest BCUT2D eigenvalue weighted by atomic mass is 10.0. The normalized spacial score (nSPS) is 11.9. The van der Waals surface area contributed by atoms with Crippen molar-refractivity contribution in [1.29, 1.82) is 0 Å². The van der Waals surface area contributed by atoms with Crippen LogP contribution in [-0.4, -0.2) is 44.8 Å². The van der Waals surface area contributed by atoms with E-state index in [0.717, 1.165) is 15.4 Å². The molecule has 2 amide bonds. The van der Waals surface area contributed by atoms with Crippen molar-refractivity contribution in [3.8, 4) is 0 Å². The highest BCUT2D eigenvalue weighted by molar-refractivity contribution is 7.92. The first kappa shape index (κ1) is 32.1. The summed E-state index contributed by atoms with van der Waals surface area (Å²) in [5.74, 6) is -0.947. The van der Waals surface area contributed by atoms with Gasteiger partial charge in [0.1, 0.15) is 12.6 Å². The summed E-state index contributed by atoms with van der Waals surface area (Å²) in [7, 11) is -2.67. The quantitative estimate of drug-likeness (QED) is 0.212. The predicted octanol–water partition coefficient (Wildman–Crippen LogP) is 6.19. The van der Waals surface area contributed by atoms with E-state index in [9.17, 15) is 18.0 Å². The molecule has 4 aromatic rings. The Hall–Kier alpha value is -3.85. The molecule has 224 valence electrons. The van der Waals surface area contributed by atoms with E-state index in [1.807, 2.05) is 49.4 Å². The van der Waals surface area contributed by atoms with Gasteiger partial charge in [-0.15, -0.1) is 0 Å². The standard InChI is InChI=1S/C33H33Cl2N3O4S/c1-23-14-15-24(2)30(18-23)38(43(41,42)27-12-8-5-9-13-27)22-32(39)37(21-26-16-17-28(34)29(35)19-26)31(33(40)36-3)20-25-10-6-4-7-11-25/h4-19,31H,20-22H2,1-3H3,(H,36,40). The van der Waals surface area contributed by atoms with E-state index in [4.69, 9.17) is 23.2 Å². The second-order valence-corrected chi connectivity index (χ2v) is 12.9. The Morgan fingerprint density at radius 1 is 0.814 bits per heavy atom. The van der Waals surface area contributed by atoms with E-state index < -0.39 is 28.5 Å². The molecular weight excluding hydrogens is 605 g/mol. The number of carbonyl (C=O) groups is 2. The molecule has 1 atom stereocenters. The summed E-state index contributed by atoms with van der Waals surface area (Å²) >= 11 is 12.4. The van der Waals surface area contributed by atoms with Gasteiger partial charge in [-0.1, -0.05) is 89.9 Å². The highest BCUT2D eigenvalue weighted by Crippen LogP contribution is 2.29. The Balaban J connectivity index is 1.82. The molecule has 0 aliphatic heterocycles. The van der Waals surface area contributed by atoms with E-state index in [-0.39, 0.29) is 23.8 Å². The van der Waals surface area contributed by atoms with Gasteiger partial charge in [0.15, 0.2) is 0 Å². The Labute approximate surface area is 263 Å². The summed E-state index contributed by atoms with van der Waals surface area (Å²) < 4.78 is 29.3. The fourth-order valence-electron chi connectivity index (χ4n) is 4.78. The number of likely N-dealkylation sites (N-methyl/N-ethyl adjacent to an activating group) is 1. The van der Waals surface area contributed by atoms with Gasteiger partial charge < -0.3 is 10.2 Å². The van der Waals surface area contributed by atoms with Crippen molar-refractivity contribution >= 4 is 50.7 Å². The summed E-state index contributed by atoms with van der Waals surface area (Å²) in [5, 5.41) is 3.33. The average Bonchev–Trinajstić information content (AvgIpc) is 3.01. The van der Waals surface area contributed by atoms with Crippen molar-refractivity contribution < 1.29 is 18.0 Å². The highest BCUT2D eigenvalue weighted by atomic mass is 35.5. The van der Waals surface area contributed by atoms with Crippen molar-refractivity contribution in [2.75, 3.05) is 17.9 Å². The number of hydrogen-bond acceptors (Lipinski definition) is 4. The number of aryl methyl sites for hydroxylation is 2. The van der Waals surface area contributed by atoms with Crippen molar-refractivity contribution in [2.24, 2.45) is 0 Å². The van der Waals surface area contributed by atoms with Gasteiger partial charge in [0.05, 0.1) is 20.6 Å². The number of anilines is 1. The molecule has 0 fully saturated rings. The van der Waals surface area contributed by atoms with Gasteiger partial charge in [0.25, 0.3) is 10.0 Å². The topological polar surface area (TPSA) is 86.8 Å². The molecular formula is C33H33Cl2N3O4S. The SMILES string of the molecule is CNC(=O)C(Cc1ccccc1)N(Cc1ccc(Cl)c(Cl)c1)C(=O)CN(c1cc(C)ccc1C)S(=O)(=O)c1ccccc1. The van der Waals surface area contributed by atoms with Gasteiger partial charge >= 0.3 is 0 Å². The minimum Gasteiger partial charge on any atom is -0.357 e. The van der Waals surface area contributed by atoms with Crippen LogP contribution in [0.2, 0.25) is 10.0 Å². The van der Waals surface area contributed by atoms with E-state index in [1.54, 1.807) is 49.4 Å². The first-order valence-electron chi connectivity index (χ1n) is 13.6. The summed E-state index contributed by atoms with van der Waals surface area (Å²) in [4.78, 5) is 29.2. The van der Waals surface area contributed by atoms with Gasteiger partial charge in [-0.05, 0) is 66.4 Å². The van der Waals surface area contributed by atoms with Crippen LogP contribution < -0.4 is 9.62 Å². The number of amides is 2. The van der Waals surface area contributed by atoms with Crippen molar-refractivity contribution in [2.45, 2.75) is 37.8 Å². The van der Waals surface area contributed by atoms with Gasteiger partial charge in [0, 0.05) is 20.0 Å². The zero-order valence-electron chi connectivity index (χ0n) is 24.1. The molecule has 10 heteroatoms. The second-order valence-electron chi connectivity index (χ2n) is 10.2. The molecule has 1 N–H and O–H groups in total. The fourth-order valence-corrected chi connectivity index (χ4v) is 6.59. The number of sulfonamides is 1. The number of nitrogens with one attached hydrogen (secondary N) is 1. The Morgan fingerprint density at radius 3 is 2.09 bits per heavy atom. The monoisotopic (exact) mass is 637 g/mol. The smallest absolute Gasteiger partial charge is 0.264 e. The zero-order chi connectivity index (χ0) is 31.1. The molecule has 0 saturated carbocycles. The molecule has 0 saturated heterocycles. The third kappa shape index (κ3) is 7.76. The molecule has 0 radical (unpaired) electrons. The first-order valence-corrected chi connectivity index (χ1v) is 15.8. The van der Waals surface area contributed by atoms with Crippen LogP contribution in [0.4, 0.5) is 5.69 Å². The molecule has 4 rings (SSSR count).